The van der Waals surface area contributed by atoms with Crippen LogP contribution in [0.5, 0.6) is 0 Å². The molecule has 0 spiro atoms. The molecule has 2 atom stereocenters. The molecule has 0 aromatic heterocycles. The van der Waals surface area contributed by atoms with Crippen molar-refractivity contribution < 1.29 is 14.3 Å². The highest BCUT2D eigenvalue weighted by molar-refractivity contribution is 5.74. The monoisotopic (exact) mass is 225 g/mol. The molecule has 0 aliphatic carbocycles. The predicted octanol–water partition coefficient (Wildman–Crippen LogP) is -0.291. The Morgan fingerprint density at radius 1 is 1.50 bits per heavy atom. The first-order valence-corrected chi connectivity index (χ1v) is 5.44. The first-order chi connectivity index (χ1) is 7.79. The van der Waals surface area contributed by atoms with E-state index in [1.165, 1.54) is 0 Å². The third-order valence-electron chi connectivity index (χ3n) is 2.75. The molecule has 0 radical (unpaired) electrons. The van der Waals surface area contributed by atoms with Gasteiger partial charge in [-0.1, -0.05) is 0 Å². The van der Waals surface area contributed by atoms with Crippen LogP contribution >= 0.6 is 0 Å². The second-order valence-electron chi connectivity index (χ2n) is 3.94. The minimum atomic E-state index is -0.501. The van der Waals surface area contributed by atoms with Crippen LogP contribution in [0.15, 0.2) is 0 Å². The standard InChI is InChI=1S/C10H15N3O3/c11-5-9-6-13(2-4-16-9)10(14)12-8-1-3-15-7-8/h8-9H,1-4,6-7H2,(H,12,14). The van der Waals surface area contributed by atoms with Crippen molar-refractivity contribution in [2.45, 2.75) is 18.6 Å². The van der Waals surface area contributed by atoms with Crippen molar-refractivity contribution in [1.82, 2.24) is 10.2 Å². The van der Waals surface area contributed by atoms with Crippen molar-refractivity contribution in [2.75, 3.05) is 32.9 Å². The first-order valence-electron chi connectivity index (χ1n) is 5.44. The summed E-state index contributed by atoms with van der Waals surface area (Å²) in [4.78, 5) is 13.4. The summed E-state index contributed by atoms with van der Waals surface area (Å²) in [5.41, 5.74) is 0. The Morgan fingerprint density at radius 3 is 3.06 bits per heavy atom. The van der Waals surface area contributed by atoms with Gasteiger partial charge in [-0.05, 0) is 6.42 Å². The van der Waals surface area contributed by atoms with E-state index < -0.39 is 6.10 Å². The maximum Gasteiger partial charge on any atom is 0.317 e. The molecule has 16 heavy (non-hydrogen) atoms. The zero-order valence-corrected chi connectivity index (χ0v) is 9.02. The Bertz CT molecular complexity index is 296. The number of carbonyl (C=O) groups is 1. The van der Waals surface area contributed by atoms with Gasteiger partial charge in [0.1, 0.15) is 0 Å². The Balaban J connectivity index is 1.81. The molecule has 2 amide bonds. The molecular weight excluding hydrogens is 210 g/mol. The number of nitrogens with one attached hydrogen (secondary N) is 1. The van der Waals surface area contributed by atoms with Crippen molar-refractivity contribution in [3.63, 3.8) is 0 Å². The van der Waals surface area contributed by atoms with Crippen LogP contribution in [0.4, 0.5) is 4.79 Å². The molecule has 2 aliphatic rings. The molecule has 1 N–H and O–H groups in total. The van der Waals surface area contributed by atoms with Gasteiger partial charge in [0.2, 0.25) is 0 Å². The summed E-state index contributed by atoms with van der Waals surface area (Å²) in [5, 5.41) is 11.6. The molecular formula is C10H15N3O3. The van der Waals surface area contributed by atoms with E-state index in [2.05, 4.69) is 5.32 Å². The highest BCUT2D eigenvalue weighted by Crippen LogP contribution is 2.07. The molecule has 88 valence electrons. The molecule has 2 rings (SSSR count). The number of carbonyl (C=O) groups excluding carboxylic acids is 1. The van der Waals surface area contributed by atoms with Gasteiger partial charge in [-0.15, -0.1) is 0 Å². The van der Waals surface area contributed by atoms with Crippen molar-refractivity contribution in [1.29, 1.82) is 5.26 Å². The number of urea groups is 1. The average molecular weight is 225 g/mol. The van der Waals surface area contributed by atoms with E-state index in [4.69, 9.17) is 14.7 Å². The number of morpholine rings is 1. The molecule has 2 saturated heterocycles. The van der Waals surface area contributed by atoms with Gasteiger partial charge in [-0.2, -0.15) is 5.26 Å². The van der Waals surface area contributed by atoms with E-state index in [9.17, 15) is 4.79 Å². The van der Waals surface area contributed by atoms with Crippen molar-refractivity contribution >= 4 is 6.03 Å². The number of nitrogens with zero attached hydrogens (tertiary/aromatic N) is 2. The fourth-order valence-corrected chi connectivity index (χ4v) is 1.83. The van der Waals surface area contributed by atoms with Crippen LogP contribution in [-0.4, -0.2) is 56.0 Å². The lowest BCUT2D eigenvalue weighted by Crippen LogP contribution is -2.51. The molecule has 0 aromatic carbocycles. The fourth-order valence-electron chi connectivity index (χ4n) is 1.83. The molecule has 2 aliphatic heterocycles. The first kappa shape index (κ1) is 11.2. The molecule has 6 heteroatoms. The van der Waals surface area contributed by atoms with Gasteiger partial charge in [-0.25, -0.2) is 4.79 Å². The lowest BCUT2D eigenvalue weighted by atomic mass is 10.2. The lowest BCUT2D eigenvalue weighted by Gasteiger charge is -2.30. The molecule has 2 unspecified atom stereocenters. The highest BCUT2D eigenvalue weighted by Gasteiger charge is 2.26. The zero-order chi connectivity index (χ0) is 11.4. The quantitative estimate of drug-likeness (QED) is 0.665. The minimum absolute atomic E-state index is 0.107. The number of rotatable bonds is 1. The van der Waals surface area contributed by atoms with Crippen molar-refractivity contribution in [3.8, 4) is 6.07 Å². The fraction of sp³-hybridized carbons (Fsp3) is 0.800. The lowest BCUT2D eigenvalue weighted by molar-refractivity contribution is 0.0152. The Labute approximate surface area is 94.1 Å². The third kappa shape index (κ3) is 2.62. The summed E-state index contributed by atoms with van der Waals surface area (Å²) in [7, 11) is 0. The van der Waals surface area contributed by atoms with Crippen LogP contribution in [0.3, 0.4) is 0 Å². The van der Waals surface area contributed by atoms with E-state index in [1.54, 1.807) is 4.90 Å². The number of hydrogen-bond acceptors (Lipinski definition) is 4. The van der Waals surface area contributed by atoms with E-state index in [-0.39, 0.29) is 12.1 Å². The van der Waals surface area contributed by atoms with E-state index in [0.29, 0.717) is 32.9 Å². The third-order valence-corrected chi connectivity index (χ3v) is 2.75. The SMILES string of the molecule is N#CC1CN(C(=O)NC2CCOC2)CCO1. The number of hydrogen-bond donors (Lipinski definition) is 1. The van der Waals surface area contributed by atoms with E-state index in [1.807, 2.05) is 6.07 Å². The predicted molar refractivity (Wildman–Crippen MR) is 54.7 cm³/mol. The van der Waals surface area contributed by atoms with Crippen LogP contribution in [0.25, 0.3) is 0 Å². The van der Waals surface area contributed by atoms with Crippen LogP contribution in [0.2, 0.25) is 0 Å². The van der Waals surface area contributed by atoms with Crippen LogP contribution in [0.1, 0.15) is 6.42 Å². The average Bonchev–Trinajstić information content (AvgIpc) is 2.82. The summed E-state index contributed by atoms with van der Waals surface area (Å²) in [6.45, 7) is 2.59. The molecule has 0 bridgehead atoms. The molecule has 0 saturated carbocycles. The van der Waals surface area contributed by atoms with Gasteiger partial charge in [-0.3, -0.25) is 0 Å². The zero-order valence-electron chi connectivity index (χ0n) is 9.02. The van der Waals surface area contributed by atoms with Crippen LogP contribution in [0, 0.1) is 11.3 Å². The molecule has 0 aromatic rings. The summed E-state index contributed by atoms with van der Waals surface area (Å²) in [6, 6.07) is 2.00. The maximum atomic E-state index is 11.8. The Hall–Kier alpha value is -1.32. The van der Waals surface area contributed by atoms with E-state index >= 15 is 0 Å². The van der Waals surface area contributed by atoms with Crippen molar-refractivity contribution in [2.24, 2.45) is 0 Å². The van der Waals surface area contributed by atoms with Crippen molar-refractivity contribution in [3.05, 3.63) is 0 Å². The normalized spacial score (nSPS) is 29.8. The highest BCUT2D eigenvalue weighted by atomic mass is 16.5. The largest absolute Gasteiger partial charge is 0.379 e. The van der Waals surface area contributed by atoms with Gasteiger partial charge in [0.15, 0.2) is 6.10 Å². The summed E-state index contributed by atoms with van der Waals surface area (Å²) >= 11 is 0. The molecule has 2 fully saturated rings. The van der Waals surface area contributed by atoms with Gasteiger partial charge < -0.3 is 19.7 Å². The van der Waals surface area contributed by atoms with Gasteiger partial charge in [0, 0.05) is 13.2 Å². The molecule has 6 nitrogen and oxygen atoms in total. The number of amides is 2. The summed E-state index contributed by atoms with van der Waals surface area (Å²) < 4.78 is 10.3. The van der Waals surface area contributed by atoms with E-state index in [0.717, 1.165) is 6.42 Å². The van der Waals surface area contributed by atoms with Crippen LogP contribution < -0.4 is 5.32 Å². The minimum Gasteiger partial charge on any atom is -0.379 e. The van der Waals surface area contributed by atoms with Gasteiger partial charge in [0.05, 0.1) is 31.9 Å². The topological polar surface area (TPSA) is 74.6 Å². The maximum absolute atomic E-state index is 11.8. The smallest absolute Gasteiger partial charge is 0.317 e. The number of ether oxygens (including phenoxy) is 2. The Kier molecular flexibility index (Phi) is 3.59. The molecule has 2 heterocycles. The summed E-state index contributed by atoms with van der Waals surface area (Å²) in [5.74, 6) is 0. The van der Waals surface area contributed by atoms with Crippen LogP contribution in [-0.2, 0) is 9.47 Å². The van der Waals surface area contributed by atoms with Gasteiger partial charge >= 0.3 is 6.03 Å². The number of nitriles is 1. The second-order valence-corrected chi connectivity index (χ2v) is 3.94. The van der Waals surface area contributed by atoms with Gasteiger partial charge in [0.25, 0.3) is 0 Å². The summed E-state index contributed by atoms with van der Waals surface area (Å²) in [6.07, 6.45) is 0.358. The Morgan fingerprint density at radius 2 is 2.38 bits per heavy atom. The second kappa shape index (κ2) is 5.14.